The molecule has 0 spiro atoms. The van der Waals surface area contributed by atoms with E-state index < -0.39 is 60.3 Å². The van der Waals surface area contributed by atoms with Crippen molar-refractivity contribution in [1.29, 1.82) is 0 Å². The van der Waals surface area contributed by atoms with Crippen LogP contribution in [0.1, 0.15) is 6.92 Å². The van der Waals surface area contributed by atoms with E-state index in [9.17, 15) is 70.7 Å². The van der Waals surface area contributed by atoms with Crippen molar-refractivity contribution in [2.75, 3.05) is 6.54 Å². The second-order valence-corrected chi connectivity index (χ2v) is 5.50. The molecular weight excluding hydrogens is 463 g/mol. The summed E-state index contributed by atoms with van der Waals surface area (Å²) in [5, 5.41) is 9.26. The summed E-state index contributed by atoms with van der Waals surface area (Å²) in [5.41, 5.74) is 0. The Bertz CT molecular complexity index is 610. The second-order valence-electron chi connectivity index (χ2n) is 5.50. The van der Waals surface area contributed by atoms with Crippen molar-refractivity contribution < 1.29 is 75.8 Å². The number of nitrogens with one attached hydrogen (secondary N) is 1. The summed E-state index contributed by atoms with van der Waals surface area (Å²) in [6.45, 7) is -0.673. The van der Waals surface area contributed by atoms with Crippen LogP contribution < -0.4 is 5.32 Å². The molecule has 1 amide bonds. The molecule has 0 radical (unpaired) electrons. The van der Waals surface area contributed by atoms with Gasteiger partial charge in [-0.05, 0) is 6.92 Å². The van der Waals surface area contributed by atoms with Gasteiger partial charge in [0.2, 0.25) is 0 Å². The Morgan fingerprint density at radius 3 is 1.31 bits per heavy atom. The predicted octanol–water partition coefficient (Wildman–Crippen LogP) is 3.86. The Labute approximate surface area is 149 Å². The SMILES string of the molecule is C[C@@H](O)CNC(=O)C(F)(F)C(F)(F)C(F)(F)C(F)(F)C(F)(F)C(F)(F)C(F)(F)F. The Morgan fingerprint density at radius 2 is 1.00 bits per heavy atom. The first kappa shape index (κ1) is 27.4. The Balaban J connectivity index is 6.39. The average molecular weight is 471 g/mol. The van der Waals surface area contributed by atoms with Crippen molar-refractivity contribution in [1.82, 2.24) is 5.32 Å². The number of hydrogen-bond donors (Lipinski definition) is 2. The molecule has 0 saturated carbocycles. The molecule has 18 heteroatoms. The fourth-order valence-electron chi connectivity index (χ4n) is 1.46. The van der Waals surface area contributed by atoms with Gasteiger partial charge < -0.3 is 10.4 Å². The first-order valence-electron chi connectivity index (χ1n) is 6.64. The summed E-state index contributed by atoms with van der Waals surface area (Å²) in [5.74, 6) is -51.7. The third-order valence-corrected chi connectivity index (χ3v) is 3.17. The van der Waals surface area contributed by atoms with Gasteiger partial charge in [0.05, 0.1) is 6.10 Å². The molecule has 0 saturated heterocycles. The predicted molar refractivity (Wildman–Crippen MR) is 60.4 cm³/mol. The largest absolute Gasteiger partial charge is 0.460 e. The molecule has 0 aromatic heterocycles. The van der Waals surface area contributed by atoms with Crippen molar-refractivity contribution in [2.24, 2.45) is 0 Å². The first-order chi connectivity index (χ1) is 12.3. The topological polar surface area (TPSA) is 49.3 Å². The maximum Gasteiger partial charge on any atom is 0.460 e. The van der Waals surface area contributed by atoms with Crippen molar-refractivity contribution >= 4 is 5.91 Å². The molecule has 0 heterocycles. The molecule has 3 nitrogen and oxygen atoms in total. The summed E-state index contributed by atoms with van der Waals surface area (Å²) < 4.78 is 193. The van der Waals surface area contributed by atoms with Crippen LogP contribution in [0.25, 0.3) is 0 Å². The van der Waals surface area contributed by atoms with E-state index in [2.05, 4.69) is 0 Å². The van der Waals surface area contributed by atoms with Crippen LogP contribution in [0.15, 0.2) is 0 Å². The lowest BCUT2D eigenvalue weighted by Gasteiger charge is -2.41. The van der Waals surface area contributed by atoms with Gasteiger partial charge in [-0.3, -0.25) is 4.79 Å². The van der Waals surface area contributed by atoms with Gasteiger partial charge in [-0.2, -0.15) is 65.9 Å². The molecule has 0 aliphatic heterocycles. The number of aliphatic hydroxyl groups excluding tert-OH is 1. The van der Waals surface area contributed by atoms with Gasteiger partial charge in [0, 0.05) is 6.54 Å². The zero-order valence-corrected chi connectivity index (χ0v) is 13.3. The van der Waals surface area contributed by atoms with E-state index in [1.807, 2.05) is 0 Å². The zero-order valence-electron chi connectivity index (χ0n) is 13.3. The van der Waals surface area contributed by atoms with E-state index >= 15 is 0 Å². The molecule has 0 aliphatic rings. The molecule has 0 rings (SSSR count). The number of alkyl halides is 15. The summed E-state index contributed by atoms with van der Waals surface area (Å²) in [6, 6.07) is 0. The summed E-state index contributed by atoms with van der Waals surface area (Å²) in [7, 11) is 0. The zero-order chi connectivity index (χ0) is 24.1. The first-order valence-corrected chi connectivity index (χ1v) is 6.64. The maximum atomic E-state index is 13.3. The van der Waals surface area contributed by atoms with Gasteiger partial charge in [0.1, 0.15) is 0 Å². The lowest BCUT2D eigenvalue weighted by molar-refractivity contribution is -0.449. The third kappa shape index (κ3) is 3.90. The van der Waals surface area contributed by atoms with Crippen molar-refractivity contribution in [2.45, 2.75) is 54.7 Å². The van der Waals surface area contributed by atoms with Gasteiger partial charge in [-0.25, -0.2) is 0 Å². The Hall–Kier alpha value is -1.62. The number of hydrogen-bond acceptors (Lipinski definition) is 2. The van der Waals surface area contributed by atoms with Crippen LogP contribution in [0.4, 0.5) is 65.9 Å². The molecule has 0 aromatic carbocycles. The van der Waals surface area contributed by atoms with E-state index in [4.69, 9.17) is 5.11 Å². The summed E-state index contributed by atoms with van der Waals surface area (Å²) >= 11 is 0. The van der Waals surface area contributed by atoms with Crippen LogP contribution in [0.5, 0.6) is 0 Å². The highest BCUT2D eigenvalue weighted by Gasteiger charge is 2.94. The number of rotatable bonds is 8. The molecule has 0 aliphatic carbocycles. The van der Waals surface area contributed by atoms with Crippen LogP contribution in [0.3, 0.4) is 0 Å². The summed E-state index contributed by atoms with van der Waals surface area (Å²) in [4.78, 5) is 10.8. The third-order valence-electron chi connectivity index (χ3n) is 3.17. The molecule has 174 valence electrons. The highest BCUT2D eigenvalue weighted by atomic mass is 19.4. The monoisotopic (exact) mass is 471 g/mol. The molecule has 29 heavy (non-hydrogen) atoms. The highest BCUT2D eigenvalue weighted by molar-refractivity contribution is 5.84. The lowest BCUT2D eigenvalue weighted by atomic mass is 9.91. The minimum atomic E-state index is -8.45. The number of aliphatic hydroxyl groups is 1. The van der Waals surface area contributed by atoms with Crippen LogP contribution in [0, 0.1) is 0 Å². The minimum absolute atomic E-state index is 0.632. The molecule has 2 N–H and O–H groups in total. The normalized spacial score (nSPS) is 16.6. The van der Waals surface area contributed by atoms with E-state index in [-0.39, 0.29) is 0 Å². The number of carbonyl (C=O) groups excluding carboxylic acids is 1. The number of carbonyl (C=O) groups is 1. The average Bonchev–Trinajstić information content (AvgIpc) is 2.50. The van der Waals surface area contributed by atoms with Crippen LogP contribution in [-0.4, -0.2) is 65.4 Å². The number of amides is 1. The quantitative estimate of drug-likeness (QED) is 0.529. The second kappa shape index (κ2) is 7.26. The maximum absolute atomic E-state index is 13.3. The van der Waals surface area contributed by atoms with Crippen molar-refractivity contribution in [3.05, 3.63) is 0 Å². The van der Waals surface area contributed by atoms with E-state index in [1.54, 1.807) is 0 Å². The van der Waals surface area contributed by atoms with E-state index in [1.165, 1.54) is 0 Å². The smallest absolute Gasteiger partial charge is 0.392 e. The van der Waals surface area contributed by atoms with E-state index in [0.29, 0.717) is 12.2 Å². The van der Waals surface area contributed by atoms with Crippen molar-refractivity contribution in [3.63, 3.8) is 0 Å². The Kier molecular flexibility index (Phi) is 6.85. The van der Waals surface area contributed by atoms with Crippen molar-refractivity contribution in [3.8, 4) is 0 Å². The van der Waals surface area contributed by atoms with Gasteiger partial charge in [-0.15, -0.1) is 0 Å². The Morgan fingerprint density at radius 1 is 0.690 bits per heavy atom. The van der Waals surface area contributed by atoms with Gasteiger partial charge in [0.15, 0.2) is 0 Å². The fourth-order valence-corrected chi connectivity index (χ4v) is 1.46. The molecule has 0 aromatic rings. The summed E-state index contributed by atoms with van der Waals surface area (Å²) in [6.07, 6.45) is -9.50. The van der Waals surface area contributed by atoms with Crippen LogP contribution >= 0.6 is 0 Å². The molecular formula is C11H8F15NO2. The molecule has 0 fully saturated rings. The minimum Gasteiger partial charge on any atom is -0.392 e. The molecule has 0 bridgehead atoms. The molecule has 0 unspecified atom stereocenters. The standard InChI is InChI=1S/C11H8F15NO2/c1-3(28)2-27-4(29)5(12,13)6(14,15)7(16,17)8(18,19)9(20,21)10(22,23)11(24,25)26/h3,28H,2H2,1H3,(H,27,29)/t3-/m1/s1. The van der Waals surface area contributed by atoms with Crippen LogP contribution in [-0.2, 0) is 4.79 Å². The van der Waals surface area contributed by atoms with Gasteiger partial charge in [0.25, 0.3) is 5.91 Å². The lowest BCUT2D eigenvalue weighted by Crippen LogP contribution is -2.74. The number of halogens is 15. The van der Waals surface area contributed by atoms with E-state index in [0.717, 1.165) is 0 Å². The van der Waals surface area contributed by atoms with Crippen LogP contribution in [0.2, 0.25) is 0 Å². The van der Waals surface area contributed by atoms with Gasteiger partial charge in [-0.1, -0.05) is 0 Å². The molecule has 1 atom stereocenters. The highest BCUT2D eigenvalue weighted by Crippen LogP contribution is 2.62. The van der Waals surface area contributed by atoms with Gasteiger partial charge >= 0.3 is 41.7 Å². The fraction of sp³-hybridized carbons (Fsp3) is 0.909.